The molecule has 0 aromatic carbocycles. The van der Waals surface area contributed by atoms with Crippen LogP contribution in [-0.4, -0.2) is 28.9 Å². The standard InChI is InChI=1S/C9H14N2O4/c1-5(2)8(10)9(14)15-11-6(12)3-4-7(11)13/h5,8H,3-4,10H2,1-2H3/t8-/m0/s1. The number of imide groups is 1. The molecule has 0 bridgehead atoms. The number of amides is 2. The number of nitrogens with zero attached hydrogens (tertiary/aromatic N) is 1. The Morgan fingerprint density at radius 3 is 2.20 bits per heavy atom. The van der Waals surface area contributed by atoms with Crippen molar-refractivity contribution in [3.05, 3.63) is 0 Å². The van der Waals surface area contributed by atoms with E-state index < -0.39 is 23.8 Å². The maximum atomic E-state index is 11.3. The molecule has 0 unspecified atom stereocenters. The van der Waals surface area contributed by atoms with Crippen molar-refractivity contribution in [2.75, 3.05) is 0 Å². The van der Waals surface area contributed by atoms with E-state index in [1.165, 1.54) is 0 Å². The number of carbonyl (C=O) groups excluding carboxylic acids is 3. The zero-order valence-electron chi connectivity index (χ0n) is 8.73. The molecule has 2 N–H and O–H groups in total. The second kappa shape index (κ2) is 4.39. The predicted octanol–water partition coefficient (Wildman–Crippen LogP) is -0.423. The highest BCUT2D eigenvalue weighted by molar-refractivity contribution is 6.01. The third kappa shape index (κ3) is 2.53. The van der Waals surface area contributed by atoms with Crippen LogP contribution in [-0.2, 0) is 19.2 Å². The highest BCUT2D eigenvalue weighted by Gasteiger charge is 2.34. The minimum absolute atomic E-state index is 0.0863. The first-order valence-electron chi connectivity index (χ1n) is 4.76. The molecule has 84 valence electrons. The van der Waals surface area contributed by atoms with Gasteiger partial charge in [0.25, 0.3) is 11.8 Å². The van der Waals surface area contributed by atoms with Crippen LogP contribution in [0, 0.1) is 5.92 Å². The van der Waals surface area contributed by atoms with Crippen LogP contribution in [0.3, 0.4) is 0 Å². The van der Waals surface area contributed by atoms with E-state index in [9.17, 15) is 14.4 Å². The molecule has 1 aliphatic heterocycles. The first kappa shape index (κ1) is 11.6. The summed E-state index contributed by atoms with van der Waals surface area (Å²) >= 11 is 0. The maximum Gasteiger partial charge on any atom is 0.349 e. The summed E-state index contributed by atoms with van der Waals surface area (Å²) in [4.78, 5) is 38.2. The van der Waals surface area contributed by atoms with Crippen LogP contribution in [0.2, 0.25) is 0 Å². The van der Waals surface area contributed by atoms with Gasteiger partial charge in [-0.15, -0.1) is 5.06 Å². The summed E-state index contributed by atoms with van der Waals surface area (Å²) in [7, 11) is 0. The largest absolute Gasteiger partial charge is 0.349 e. The molecule has 0 radical (unpaired) electrons. The lowest BCUT2D eigenvalue weighted by Gasteiger charge is -2.17. The fourth-order valence-corrected chi connectivity index (χ4v) is 1.08. The maximum absolute atomic E-state index is 11.3. The summed E-state index contributed by atoms with van der Waals surface area (Å²) in [6.07, 6.45) is 0.173. The van der Waals surface area contributed by atoms with E-state index in [4.69, 9.17) is 5.73 Å². The van der Waals surface area contributed by atoms with Crippen molar-refractivity contribution in [2.24, 2.45) is 11.7 Å². The lowest BCUT2D eigenvalue weighted by molar-refractivity contribution is -0.199. The summed E-state index contributed by atoms with van der Waals surface area (Å²) in [6.45, 7) is 3.50. The van der Waals surface area contributed by atoms with Gasteiger partial charge in [-0.1, -0.05) is 13.8 Å². The molecule has 1 saturated heterocycles. The van der Waals surface area contributed by atoms with E-state index in [1.54, 1.807) is 13.8 Å². The van der Waals surface area contributed by atoms with Crippen molar-refractivity contribution in [1.29, 1.82) is 0 Å². The second-order valence-electron chi connectivity index (χ2n) is 3.76. The van der Waals surface area contributed by atoms with Crippen molar-refractivity contribution in [3.8, 4) is 0 Å². The van der Waals surface area contributed by atoms with E-state index in [1.807, 2.05) is 0 Å². The van der Waals surface area contributed by atoms with E-state index in [-0.39, 0.29) is 18.8 Å². The summed E-state index contributed by atoms with van der Waals surface area (Å²) < 4.78 is 0. The molecule has 1 heterocycles. The van der Waals surface area contributed by atoms with E-state index >= 15 is 0 Å². The smallest absolute Gasteiger partial charge is 0.329 e. The molecule has 0 saturated carbocycles. The van der Waals surface area contributed by atoms with Gasteiger partial charge in [0.1, 0.15) is 6.04 Å². The lowest BCUT2D eigenvalue weighted by atomic mass is 10.1. The molecule has 1 aliphatic rings. The Kier molecular flexibility index (Phi) is 3.41. The number of hydrogen-bond donors (Lipinski definition) is 1. The Balaban J connectivity index is 2.58. The lowest BCUT2D eigenvalue weighted by Crippen LogP contribution is -2.42. The van der Waals surface area contributed by atoms with E-state index in [0.29, 0.717) is 5.06 Å². The van der Waals surface area contributed by atoms with E-state index in [2.05, 4.69) is 4.84 Å². The number of hydroxylamine groups is 2. The zero-order valence-corrected chi connectivity index (χ0v) is 8.73. The minimum atomic E-state index is -0.828. The number of hydrogen-bond acceptors (Lipinski definition) is 5. The quantitative estimate of drug-likeness (QED) is 0.644. The SMILES string of the molecule is CC(C)[C@H](N)C(=O)ON1C(=O)CCC1=O. The van der Waals surface area contributed by atoms with Gasteiger partial charge in [0.15, 0.2) is 0 Å². The van der Waals surface area contributed by atoms with E-state index in [0.717, 1.165) is 0 Å². The highest BCUT2D eigenvalue weighted by Crippen LogP contribution is 2.13. The van der Waals surface area contributed by atoms with Crippen LogP contribution >= 0.6 is 0 Å². The fraction of sp³-hybridized carbons (Fsp3) is 0.667. The molecule has 6 nitrogen and oxygen atoms in total. The minimum Gasteiger partial charge on any atom is -0.329 e. The predicted molar refractivity (Wildman–Crippen MR) is 50.0 cm³/mol. The number of nitrogens with two attached hydrogens (primary N) is 1. The van der Waals surface area contributed by atoms with Crippen LogP contribution in [0.1, 0.15) is 26.7 Å². The molecule has 0 aromatic rings. The van der Waals surface area contributed by atoms with Crippen molar-refractivity contribution >= 4 is 17.8 Å². The van der Waals surface area contributed by atoms with Gasteiger partial charge in [0.2, 0.25) is 0 Å². The van der Waals surface area contributed by atoms with Crippen LogP contribution in [0.25, 0.3) is 0 Å². The Labute approximate surface area is 87.3 Å². The van der Waals surface area contributed by atoms with Gasteiger partial charge in [-0.2, -0.15) is 0 Å². The molecular weight excluding hydrogens is 200 g/mol. The number of carbonyl (C=O) groups is 3. The van der Waals surface area contributed by atoms with Gasteiger partial charge in [-0.05, 0) is 5.92 Å². The molecule has 6 heteroatoms. The molecule has 0 aliphatic carbocycles. The van der Waals surface area contributed by atoms with Gasteiger partial charge < -0.3 is 10.6 Å². The summed E-state index contributed by atoms with van der Waals surface area (Å²) in [6, 6.07) is -0.828. The zero-order chi connectivity index (χ0) is 11.6. The average molecular weight is 214 g/mol. The Hall–Kier alpha value is -1.43. The fourth-order valence-electron chi connectivity index (χ4n) is 1.08. The molecule has 0 aromatic heterocycles. The monoisotopic (exact) mass is 214 g/mol. The van der Waals surface area contributed by atoms with Crippen molar-refractivity contribution in [3.63, 3.8) is 0 Å². The summed E-state index contributed by atoms with van der Waals surface area (Å²) in [5.41, 5.74) is 5.51. The molecule has 1 atom stereocenters. The van der Waals surface area contributed by atoms with Crippen molar-refractivity contribution in [1.82, 2.24) is 5.06 Å². The molecule has 1 fully saturated rings. The first-order chi connectivity index (χ1) is 6.93. The van der Waals surface area contributed by atoms with Crippen molar-refractivity contribution < 1.29 is 19.2 Å². The van der Waals surface area contributed by atoms with Crippen LogP contribution < -0.4 is 5.73 Å². The van der Waals surface area contributed by atoms with Crippen LogP contribution in [0.5, 0.6) is 0 Å². The van der Waals surface area contributed by atoms with Crippen LogP contribution in [0.15, 0.2) is 0 Å². The molecule has 1 rings (SSSR count). The third-order valence-electron chi connectivity index (χ3n) is 2.18. The van der Waals surface area contributed by atoms with Gasteiger partial charge >= 0.3 is 5.97 Å². The molecule has 2 amide bonds. The highest BCUT2D eigenvalue weighted by atomic mass is 16.7. The molecule has 15 heavy (non-hydrogen) atoms. The normalized spacial score (nSPS) is 18.5. The Morgan fingerprint density at radius 2 is 1.80 bits per heavy atom. The van der Waals surface area contributed by atoms with Crippen molar-refractivity contribution in [2.45, 2.75) is 32.7 Å². The van der Waals surface area contributed by atoms with Crippen LogP contribution in [0.4, 0.5) is 0 Å². The van der Waals surface area contributed by atoms with Gasteiger partial charge in [-0.25, -0.2) is 4.79 Å². The Bertz CT molecular complexity index is 284. The molecule has 0 spiro atoms. The van der Waals surface area contributed by atoms with Gasteiger partial charge in [0, 0.05) is 12.8 Å². The third-order valence-corrected chi connectivity index (χ3v) is 2.18. The van der Waals surface area contributed by atoms with Gasteiger partial charge in [-0.3, -0.25) is 9.59 Å². The summed E-state index contributed by atoms with van der Waals surface area (Å²) in [5, 5.41) is 0.505. The van der Waals surface area contributed by atoms with Gasteiger partial charge in [0.05, 0.1) is 0 Å². The topological polar surface area (TPSA) is 89.7 Å². The molecular formula is C9H14N2O4. The first-order valence-corrected chi connectivity index (χ1v) is 4.76. The number of rotatable bonds is 3. The summed E-state index contributed by atoms with van der Waals surface area (Å²) in [5.74, 6) is -1.85. The average Bonchev–Trinajstić information content (AvgIpc) is 2.47. The Morgan fingerprint density at radius 1 is 1.33 bits per heavy atom. The second-order valence-corrected chi connectivity index (χ2v) is 3.76.